The molecule has 1 heterocycles. The fourth-order valence-electron chi connectivity index (χ4n) is 2.96. The molecule has 2 aromatic carbocycles. The Balaban J connectivity index is 1.99. The molecule has 0 spiro atoms. The van der Waals surface area contributed by atoms with Gasteiger partial charge in [-0.05, 0) is 50.1 Å². The first-order chi connectivity index (χ1) is 15.7. The van der Waals surface area contributed by atoms with Crippen LogP contribution in [-0.4, -0.2) is 34.8 Å². The van der Waals surface area contributed by atoms with E-state index in [1.807, 2.05) is 0 Å². The summed E-state index contributed by atoms with van der Waals surface area (Å²) in [6.07, 6.45) is 0.219. The van der Waals surface area contributed by atoms with Crippen LogP contribution in [0.2, 0.25) is 0 Å². The third-order valence-electron chi connectivity index (χ3n) is 4.52. The molecule has 1 aromatic heterocycles. The van der Waals surface area contributed by atoms with Crippen LogP contribution in [0.4, 0.5) is 9.18 Å². The quantitative estimate of drug-likeness (QED) is 0.495. The number of carbonyl (C=O) groups excluding carboxylic acids is 1. The first kappa shape index (κ1) is 25.9. The Morgan fingerprint density at radius 3 is 2.18 bits per heavy atom. The summed E-state index contributed by atoms with van der Waals surface area (Å²) in [5, 5.41) is 2.40. The zero-order valence-corrected chi connectivity index (χ0v) is 21.4. The summed E-state index contributed by atoms with van der Waals surface area (Å²) < 4.78 is 70.4. The molecule has 7 nitrogen and oxygen atoms in total. The highest BCUT2D eigenvalue weighted by Crippen LogP contribution is 2.34. The molecule has 0 aliphatic carbocycles. The minimum Gasteiger partial charge on any atom is -0.444 e. The molecular formula is C23H24FNO6S3. The summed E-state index contributed by atoms with van der Waals surface area (Å²) in [6, 6.07) is 13.4. The van der Waals surface area contributed by atoms with Crippen LogP contribution in [0.5, 0.6) is 0 Å². The molecule has 0 aliphatic heterocycles. The number of amides is 1. The lowest BCUT2D eigenvalue weighted by Gasteiger charge is -2.19. The fraction of sp³-hybridized carbons (Fsp3) is 0.261. The third-order valence-corrected chi connectivity index (χ3v) is 8.93. The van der Waals surface area contributed by atoms with Gasteiger partial charge in [0, 0.05) is 12.3 Å². The minimum absolute atomic E-state index is 0.00742. The number of ether oxygens (including phenoxy) is 1. The lowest BCUT2D eigenvalue weighted by molar-refractivity contribution is 0.0523. The van der Waals surface area contributed by atoms with E-state index >= 15 is 0 Å². The Hall–Kier alpha value is -2.76. The van der Waals surface area contributed by atoms with E-state index in [1.165, 1.54) is 12.1 Å². The maximum Gasteiger partial charge on any atom is 0.407 e. The molecule has 0 unspecified atom stereocenters. The number of carbonyl (C=O) groups is 1. The first-order valence-electron chi connectivity index (χ1n) is 10.1. The maximum atomic E-state index is 14.5. The van der Waals surface area contributed by atoms with Crippen LogP contribution in [0.3, 0.4) is 0 Å². The van der Waals surface area contributed by atoms with Gasteiger partial charge in [-0.15, -0.1) is 11.3 Å². The summed E-state index contributed by atoms with van der Waals surface area (Å²) in [5.74, 6) is -0.804. The van der Waals surface area contributed by atoms with Crippen molar-refractivity contribution in [3.05, 3.63) is 65.3 Å². The molecule has 34 heavy (non-hydrogen) atoms. The Kier molecular flexibility index (Phi) is 7.20. The number of sulfone groups is 2. The van der Waals surface area contributed by atoms with Crippen molar-refractivity contribution in [2.24, 2.45) is 0 Å². The molecular weight excluding hydrogens is 501 g/mol. The van der Waals surface area contributed by atoms with Gasteiger partial charge in [0.2, 0.25) is 9.84 Å². The van der Waals surface area contributed by atoms with Crippen LogP contribution in [0.1, 0.15) is 25.6 Å². The van der Waals surface area contributed by atoms with Crippen molar-refractivity contribution in [2.75, 3.05) is 6.26 Å². The van der Waals surface area contributed by atoms with Crippen molar-refractivity contribution < 1.29 is 30.8 Å². The second-order valence-electron chi connectivity index (χ2n) is 8.53. The van der Waals surface area contributed by atoms with E-state index in [4.69, 9.17) is 4.74 Å². The van der Waals surface area contributed by atoms with Gasteiger partial charge in [0.25, 0.3) is 0 Å². The van der Waals surface area contributed by atoms with Gasteiger partial charge in [-0.25, -0.2) is 26.0 Å². The van der Waals surface area contributed by atoms with Gasteiger partial charge in [0.15, 0.2) is 9.84 Å². The predicted octanol–water partition coefficient (Wildman–Crippen LogP) is 4.82. The summed E-state index contributed by atoms with van der Waals surface area (Å²) in [6.45, 7) is 4.77. The van der Waals surface area contributed by atoms with Crippen molar-refractivity contribution in [3.8, 4) is 11.1 Å². The number of nitrogens with one attached hydrogen (secondary N) is 1. The average molecular weight is 526 g/mol. The molecule has 0 saturated carbocycles. The number of thiophene rings is 1. The maximum absolute atomic E-state index is 14.5. The van der Waals surface area contributed by atoms with Gasteiger partial charge >= 0.3 is 6.09 Å². The SMILES string of the molecule is CC(C)(C)OC(=O)NCc1sc(S(=O)(=O)c2cc(-c3ccccc3)cc(S(C)(=O)=O)c2)cc1F. The van der Waals surface area contributed by atoms with Crippen molar-refractivity contribution >= 4 is 37.1 Å². The lowest BCUT2D eigenvalue weighted by Crippen LogP contribution is -2.32. The summed E-state index contributed by atoms with van der Waals surface area (Å²) >= 11 is 0.654. The van der Waals surface area contributed by atoms with E-state index in [0.717, 1.165) is 18.4 Å². The topological polar surface area (TPSA) is 107 Å². The van der Waals surface area contributed by atoms with Crippen LogP contribution in [-0.2, 0) is 31.0 Å². The highest BCUT2D eigenvalue weighted by Gasteiger charge is 2.26. The lowest BCUT2D eigenvalue weighted by atomic mass is 10.1. The zero-order valence-electron chi connectivity index (χ0n) is 19.0. The van der Waals surface area contributed by atoms with Crippen LogP contribution in [0.15, 0.2) is 68.6 Å². The number of hydrogen-bond acceptors (Lipinski definition) is 7. The fourth-order valence-corrected chi connectivity index (χ4v) is 6.50. The van der Waals surface area contributed by atoms with Crippen LogP contribution < -0.4 is 5.32 Å². The second kappa shape index (κ2) is 9.47. The molecule has 3 rings (SSSR count). The number of hydrogen-bond donors (Lipinski definition) is 1. The molecule has 0 radical (unpaired) electrons. The number of rotatable bonds is 6. The molecule has 0 fully saturated rings. The predicted molar refractivity (Wildman–Crippen MR) is 128 cm³/mol. The van der Waals surface area contributed by atoms with Crippen LogP contribution in [0.25, 0.3) is 11.1 Å². The standard InChI is InChI=1S/C23H24FNO6S3/c1-23(2,3)31-22(26)25-14-20-19(24)13-21(32-20)34(29,30)18-11-16(15-8-6-5-7-9-15)10-17(12-18)33(4,27)28/h5-13H,14H2,1-4H3,(H,25,26). The van der Waals surface area contributed by atoms with Gasteiger partial charge < -0.3 is 10.1 Å². The highest BCUT2D eigenvalue weighted by atomic mass is 32.2. The Labute approximate surface area is 202 Å². The van der Waals surface area contributed by atoms with Crippen molar-refractivity contribution in [1.82, 2.24) is 5.32 Å². The van der Waals surface area contributed by atoms with Crippen LogP contribution in [0, 0.1) is 5.82 Å². The smallest absolute Gasteiger partial charge is 0.407 e. The van der Waals surface area contributed by atoms with E-state index in [2.05, 4.69) is 5.32 Å². The molecule has 0 bridgehead atoms. The van der Waals surface area contributed by atoms with Gasteiger partial charge in [-0.3, -0.25) is 0 Å². The van der Waals surface area contributed by atoms with Crippen LogP contribution >= 0.6 is 11.3 Å². The molecule has 0 atom stereocenters. The number of benzene rings is 2. The van der Waals surface area contributed by atoms with Gasteiger partial charge in [0.1, 0.15) is 15.6 Å². The van der Waals surface area contributed by atoms with E-state index in [1.54, 1.807) is 51.1 Å². The molecule has 11 heteroatoms. The van der Waals surface area contributed by atoms with Gasteiger partial charge in [-0.2, -0.15) is 0 Å². The summed E-state index contributed by atoms with van der Waals surface area (Å²) in [7, 11) is -7.98. The Morgan fingerprint density at radius 2 is 1.59 bits per heavy atom. The number of halogens is 1. The Morgan fingerprint density at radius 1 is 0.971 bits per heavy atom. The van der Waals surface area contributed by atoms with Gasteiger partial charge in [-0.1, -0.05) is 30.3 Å². The molecule has 0 aliphatic rings. The van der Waals surface area contributed by atoms with E-state index in [0.29, 0.717) is 22.5 Å². The van der Waals surface area contributed by atoms with Crippen molar-refractivity contribution in [3.63, 3.8) is 0 Å². The summed E-state index contributed by atoms with van der Waals surface area (Å²) in [5.41, 5.74) is 0.281. The largest absolute Gasteiger partial charge is 0.444 e. The minimum atomic E-state index is -4.25. The van der Waals surface area contributed by atoms with E-state index in [-0.39, 0.29) is 25.4 Å². The van der Waals surface area contributed by atoms with Crippen molar-refractivity contribution in [1.29, 1.82) is 0 Å². The first-order valence-corrected chi connectivity index (χ1v) is 14.3. The summed E-state index contributed by atoms with van der Waals surface area (Å²) in [4.78, 5) is 11.4. The average Bonchev–Trinajstić information content (AvgIpc) is 3.12. The molecule has 0 saturated heterocycles. The van der Waals surface area contributed by atoms with E-state index < -0.39 is 37.2 Å². The highest BCUT2D eigenvalue weighted by molar-refractivity contribution is 7.93. The Bertz CT molecular complexity index is 1420. The molecule has 3 aromatic rings. The molecule has 1 N–H and O–H groups in total. The normalized spacial score (nSPS) is 12.4. The molecule has 1 amide bonds. The van der Waals surface area contributed by atoms with Gasteiger partial charge in [0.05, 0.1) is 21.2 Å². The molecule has 182 valence electrons. The number of alkyl carbamates (subject to hydrolysis) is 1. The van der Waals surface area contributed by atoms with E-state index in [9.17, 15) is 26.0 Å². The zero-order chi connectivity index (χ0) is 25.3. The van der Waals surface area contributed by atoms with Crippen molar-refractivity contribution in [2.45, 2.75) is 46.9 Å². The third kappa shape index (κ3) is 6.22. The second-order valence-corrected chi connectivity index (χ2v) is 13.9. The monoisotopic (exact) mass is 525 g/mol.